The van der Waals surface area contributed by atoms with Gasteiger partial charge in [-0.25, -0.2) is 4.79 Å². The number of carboxylic acid groups (broad SMARTS) is 1. The number of aliphatic carboxylic acids is 1. The van der Waals surface area contributed by atoms with Crippen LogP contribution in [0, 0.1) is 13.8 Å². The number of phenolic OH excluding ortho intramolecular Hbond substituents is 1. The summed E-state index contributed by atoms with van der Waals surface area (Å²) in [7, 11) is 2.33. The van der Waals surface area contributed by atoms with Crippen molar-refractivity contribution >= 4 is 51.2 Å². The molecule has 1 heterocycles. The molecule has 4 amide bonds. The molecule has 1 aliphatic rings. The molecule has 14 heteroatoms. The van der Waals surface area contributed by atoms with Crippen molar-refractivity contribution in [1.29, 1.82) is 0 Å². The summed E-state index contributed by atoms with van der Waals surface area (Å²) in [5, 5.41) is 30.6. The highest BCUT2D eigenvalue weighted by Gasteiger charge is 2.44. The van der Waals surface area contributed by atoms with Crippen LogP contribution in [-0.2, 0) is 36.8 Å². The van der Waals surface area contributed by atoms with Gasteiger partial charge in [-0.2, -0.15) is 0 Å². The highest BCUT2D eigenvalue weighted by atomic mass is 33.1. The summed E-state index contributed by atoms with van der Waals surface area (Å²) in [6.45, 7) is 9.84. The fourth-order valence-corrected chi connectivity index (χ4v) is 7.88. The number of aryl methyl sites for hydroxylation is 2. The quantitative estimate of drug-likeness (QED) is 0.212. The Balaban J connectivity index is 1.90. The second-order valence-corrected chi connectivity index (χ2v) is 15.9. The molecule has 0 spiro atoms. The fourth-order valence-electron chi connectivity index (χ4n) is 5.07. The summed E-state index contributed by atoms with van der Waals surface area (Å²) in [4.78, 5) is 65.9. The zero-order valence-electron chi connectivity index (χ0n) is 26.8. The van der Waals surface area contributed by atoms with Crippen LogP contribution >= 0.6 is 21.6 Å². The summed E-state index contributed by atoms with van der Waals surface area (Å²) in [5.41, 5.74) is 9.37. The average molecular weight is 674 g/mol. The van der Waals surface area contributed by atoms with Crippen LogP contribution < -0.4 is 27.0 Å². The van der Waals surface area contributed by atoms with E-state index in [-0.39, 0.29) is 18.6 Å². The molecule has 8 N–H and O–H groups in total. The Morgan fingerprint density at radius 3 is 2.15 bits per heavy atom. The highest BCUT2D eigenvalue weighted by Crippen LogP contribution is 2.46. The molecule has 0 saturated carbocycles. The summed E-state index contributed by atoms with van der Waals surface area (Å²) in [6, 6.07) is 7.38. The molecule has 1 saturated heterocycles. The summed E-state index contributed by atoms with van der Waals surface area (Å²) < 4.78 is -2.15. The molecule has 12 nitrogen and oxygen atoms in total. The zero-order chi connectivity index (χ0) is 34.4. The first-order chi connectivity index (χ1) is 21.4. The van der Waals surface area contributed by atoms with E-state index in [4.69, 9.17) is 5.73 Å². The summed E-state index contributed by atoms with van der Waals surface area (Å²) in [6.07, 6.45) is 0.239. The number of carboxylic acids is 1. The van der Waals surface area contributed by atoms with E-state index >= 15 is 0 Å². The maximum Gasteiger partial charge on any atom is 0.327 e. The van der Waals surface area contributed by atoms with Gasteiger partial charge >= 0.3 is 5.97 Å². The van der Waals surface area contributed by atoms with Gasteiger partial charge in [-0.1, -0.05) is 51.9 Å². The van der Waals surface area contributed by atoms with Crippen molar-refractivity contribution in [2.75, 3.05) is 6.54 Å². The Morgan fingerprint density at radius 1 is 0.978 bits per heavy atom. The van der Waals surface area contributed by atoms with Crippen LogP contribution in [0.3, 0.4) is 0 Å². The minimum absolute atomic E-state index is 0.0879. The largest absolute Gasteiger partial charge is 0.508 e. The van der Waals surface area contributed by atoms with Crippen molar-refractivity contribution < 1.29 is 34.2 Å². The minimum Gasteiger partial charge on any atom is -0.508 e. The molecule has 1 aliphatic heterocycles. The van der Waals surface area contributed by atoms with Crippen LogP contribution in [-0.4, -0.2) is 80.0 Å². The Bertz CT molecular complexity index is 1450. The SMILES string of the molecule is Cc1cc(O)cc(C)c1C[C@H](N)C(=O)NC1C(=O)NCC(=O)N[C@@H](Cc2ccccc2)C(=O)N[C@@H](C(=O)O)C(C)(C)SSC1(C)C. The van der Waals surface area contributed by atoms with Crippen LogP contribution in [0.4, 0.5) is 0 Å². The Kier molecular flexibility index (Phi) is 12.2. The maximum absolute atomic E-state index is 13.6. The van der Waals surface area contributed by atoms with E-state index in [1.165, 1.54) is 10.8 Å². The van der Waals surface area contributed by atoms with Gasteiger partial charge in [-0.15, -0.1) is 0 Å². The Labute approximate surface area is 276 Å². The minimum atomic E-state index is -1.36. The summed E-state index contributed by atoms with van der Waals surface area (Å²) in [5.74, 6) is -3.77. The Hall–Kier alpha value is -3.75. The number of hydrogen-bond donors (Lipinski definition) is 7. The first kappa shape index (κ1) is 36.7. The molecule has 0 radical (unpaired) electrons. The molecule has 0 bridgehead atoms. The third kappa shape index (κ3) is 9.63. The predicted molar refractivity (Wildman–Crippen MR) is 179 cm³/mol. The lowest BCUT2D eigenvalue weighted by Crippen LogP contribution is -2.61. The molecule has 46 heavy (non-hydrogen) atoms. The van der Waals surface area contributed by atoms with Crippen molar-refractivity contribution in [3.05, 3.63) is 64.7 Å². The van der Waals surface area contributed by atoms with E-state index in [2.05, 4.69) is 21.3 Å². The van der Waals surface area contributed by atoms with Crippen molar-refractivity contribution in [2.24, 2.45) is 5.73 Å². The van der Waals surface area contributed by atoms with Gasteiger partial charge in [0.2, 0.25) is 23.6 Å². The first-order valence-electron chi connectivity index (χ1n) is 14.8. The lowest BCUT2D eigenvalue weighted by atomic mass is 9.95. The van der Waals surface area contributed by atoms with E-state index in [1.807, 2.05) is 6.07 Å². The Morgan fingerprint density at radius 2 is 1.57 bits per heavy atom. The van der Waals surface area contributed by atoms with E-state index in [1.54, 1.807) is 77.9 Å². The molecule has 0 aliphatic carbocycles. The third-order valence-corrected chi connectivity index (χ3v) is 12.0. The highest BCUT2D eigenvalue weighted by molar-refractivity contribution is 8.77. The van der Waals surface area contributed by atoms with Crippen LogP contribution in [0.15, 0.2) is 42.5 Å². The van der Waals surface area contributed by atoms with Crippen LogP contribution in [0.2, 0.25) is 0 Å². The van der Waals surface area contributed by atoms with Gasteiger partial charge in [0, 0.05) is 11.2 Å². The van der Waals surface area contributed by atoms with E-state index in [9.17, 15) is 34.2 Å². The molecule has 250 valence electrons. The fraction of sp³-hybridized carbons (Fsp3) is 0.469. The van der Waals surface area contributed by atoms with Crippen LogP contribution in [0.5, 0.6) is 5.75 Å². The van der Waals surface area contributed by atoms with Gasteiger partial charge in [-0.05, 0) is 82.3 Å². The van der Waals surface area contributed by atoms with E-state index < -0.39 is 69.8 Å². The van der Waals surface area contributed by atoms with Gasteiger partial charge in [-0.3, -0.25) is 19.2 Å². The number of nitrogens with one attached hydrogen (secondary N) is 4. The maximum atomic E-state index is 13.6. The number of carbonyl (C=O) groups excluding carboxylic acids is 4. The normalized spacial score (nSPS) is 22.8. The monoisotopic (exact) mass is 673 g/mol. The first-order valence-corrected chi connectivity index (χ1v) is 16.9. The number of rotatable bonds is 7. The zero-order valence-corrected chi connectivity index (χ0v) is 28.4. The second kappa shape index (κ2) is 15.2. The number of carbonyl (C=O) groups is 5. The van der Waals surface area contributed by atoms with Gasteiger partial charge in [0.25, 0.3) is 0 Å². The number of benzene rings is 2. The topological polar surface area (TPSA) is 200 Å². The standard InChI is InChI=1S/C32H43N5O7S2/c1-17-12-20(38)13-18(2)21(17)15-22(33)27(40)36-25-29(42)34-16-24(39)35-23(14-19-10-8-7-9-11-19)28(41)37-26(30(43)44)32(5,6)46-45-31(25,3)4/h7-13,22-23,25-26,38H,14-16,33H2,1-6H3,(H,34,42)(H,35,39)(H,36,40)(H,37,41)(H,43,44)/t22-,23-,25?,26-/m0/s1. The number of aromatic hydroxyl groups is 1. The van der Waals surface area contributed by atoms with Crippen LogP contribution in [0.1, 0.15) is 49.9 Å². The van der Waals surface area contributed by atoms with E-state index in [0.29, 0.717) is 0 Å². The van der Waals surface area contributed by atoms with Gasteiger partial charge in [0.05, 0.1) is 17.3 Å². The molecule has 3 rings (SSSR count). The van der Waals surface area contributed by atoms with Crippen molar-refractivity contribution in [3.8, 4) is 5.75 Å². The number of nitrogens with two attached hydrogens (primary N) is 1. The lowest BCUT2D eigenvalue weighted by molar-refractivity contribution is -0.143. The molecular formula is C32H43N5O7S2. The molecule has 1 unspecified atom stereocenters. The van der Waals surface area contributed by atoms with Crippen molar-refractivity contribution in [2.45, 2.75) is 88.0 Å². The molecule has 1 fully saturated rings. The molecule has 0 aromatic heterocycles. The molecule has 4 atom stereocenters. The van der Waals surface area contributed by atoms with Crippen molar-refractivity contribution in [3.63, 3.8) is 0 Å². The second-order valence-electron chi connectivity index (χ2n) is 12.5. The summed E-state index contributed by atoms with van der Waals surface area (Å²) >= 11 is 0. The number of amides is 4. The number of phenols is 1. The molecular weight excluding hydrogens is 631 g/mol. The average Bonchev–Trinajstić information content (AvgIpc) is 2.97. The van der Waals surface area contributed by atoms with Crippen molar-refractivity contribution in [1.82, 2.24) is 21.3 Å². The van der Waals surface area contributed by atoms with Gasteiger partial charge < -0.3 is 37.2 Å². The number of hydrogen-bond acceptors (Lipinski definition) is 9. The molecule has 2 aromatic carbocycles. The smallest absolute Gasteiger partial charge is 0.327 e. The third-order valence-electron chi connectivity index (χ3n) is 7.74. The predicted octanol–water partition coefficient (Wildman–Crippen LogP) is 1.73. The molecule has 2 aromatic rings. The van der Waals surface area contributed by atoms with Gasteiger partial charge in [0.1, 0.15) is 23.9 Å². The lowest BCUT2D eigenvalue weighted by Gasteiger charge is -2.38. The van der Waals surface area contributed by atoms with E-state index in [0.717, 1.165) is 33.0 Å². The van der Waals surface area contributed by atoms with Crippen LogP contribution in [0.25, 0.3) is 0 Å². The van der Waals surface area contributed by atoms with Gasteiger partial charge in [0.15, 0.2) is 0 Å².